The van der Waals surface area contributed by atoms with Crippen LogP contribution in [0.5, 0.6) is 5.75 Å². The Labute approximate surface area is 167 Å². The minimum Gasteiger partial charge on any atom is -0.491 e. The highest BCUT2D eigenvalue weighted by Gasteiger charge is 2.27. The zero-order valence-electron chi connectivity index (χ0n) is 16.5. The summed E-state index contributed by atoms with van der Waals surface area (Å²) < 4.78 is 28.6. The van der Waals surface area contributed by atoms with Gasteiger partial charge in [-0.3, -0.25) is 0 Å². The maximum Gasteiger partial charge on any atom is 0.151 e. The van der Waals surface area contributed by atoms with Gasteiger partial charge in [-0.2, -0.15) is 0 Å². The van der Waals surface area contributed by atoms with Crippen LogP contribution < -0.4 is 10.1 Å². The van der Waals surface area contributed by atoms with E-state index in [1.807, 2.05) is 30.3 Å². The third-order valence-corrected chi connectivity index (χ3v) is 7.16. The molecule has 2 N–H and O–H groups in total. The van der Waals surface area contributed by atoms with Gasteiger partial charge in [0.2, 0.25) is 0 Å². The van der Waals surface area contributed by atoms with Gasteiger partial charge in [0.15, 0.2) is 9.84 Å². The summed E-state index contributed by atoms with van der Waals surface area (Å²) in [7, 11) is -2.91. The summed E-state index contributed by atoms with van der Waals surface area (Å²) in [4.78, 5) is 0. The molecule has 2 aromatic carbocycles. The largest absolute Gasteiger partial charge is 0.491 e. The Hall–Kier alpha value is -1.89. The van der Waals surface area contributed by atoms with Crippen LogP contribution >= 0.6 is 0 Å². The molecule has 0 amide bonds. The fourth-order valence-corrected chi connectivity index (χ4v) is 5.21. The van der Waals surface area contributed by atoms with Crippen molar-refractivity contribution in [3.05, 3.63) is 65.7 Å². The van der Waals surface area contributed by atoms with Crippen molar-refractivity contribution in [1.82, 2.24) is 5.32 Å². The van der Waals surface area contributed by atoms with Crippen LogP contribution in [0.25, 0.3) is 0 Å². The van der Waals surface area contributed by atoms with Crippen molar-refractivity contribution in [3.8, 4) is 5.75 Å². The summed E-state index contributed by atoms with van der Waals surface area (Å²) in [6.07, 6.45) is -0.0853. The lowest BCUT2D eigenvalue weighted by Crippen LogP contribution is -2.38. The number of aliphatic hydroxyl groups is 1. The normalized spacial score (nSPS) is 20.0. The Balaban J connectivity index is 1.49. The molecule has 2 atom stereocenters. The molecule has 0 aliphatic carbocycles. The van der Waals surface area contributed by atoms with Crippen LogP contribution in [0.3, 0.4) is 0 Å². The van der Waals surface area contributed by atoms with E-state index in [0.717, 1.165) is 0 Å². The minimum atomic E-state index is -2.91. The lowest BCUT2D eigenvalue weighted by atomic mass is 9.78. The van der Waals surface area contributed by atoms with Crippen LogP contribution in [0, 0.1) is 0 Å². The van der Waals surface area contributed by atoms with Crippen molar-refractivity contribution in [2.75, 3.05) is 24.7 Å². The number of hydrogen-bond acceptors (Lipinski definition) is 5. The van der Waals surface area contributed by atoms with Gasteiger partial charge in [-0.25, -0.2) is 8.42 Å². The first-order chi connectivity index (χ1) is 13.3. The lowest BCUT2D eigenvalue weighted by molar-refractivity contribution is 0.104. The van der Waals surface area contributed by atoms with Gasteiger partial charge in [0.25, 0.3) is 0 Å². The maximum absolute atomic E-state index is 11.5. The highest BCUT2D eigenvalue weighted by molar-refractivity contribution is 7.91. The molecule has 152 valence electrons. The fourth-order valence-electron chi connectivity index (χ4n) is 3.50. The molecule has 6 heteroatoms. The van der Waals surface area contributed by atoms with Crippen LogP contribution in [0.2, 0.25) is 0 Å². The molecule has 0 radical (unpaired) electrons. The molecule has 1 aliphatic heterocycles. The second-order valence-electron chi connectivity index (χ2n) is 7.99. The summed E-state index contributed by atoms with van der Waals surface area (Å²) in [5.41, 5.74) is 2.33. The van der Waals surface area contributed by atoms with E-state index in [4.69, 9.17) is 4.74 Å². The van der Waals surface area contributed by atoms with Crippen molar-refractivity contribution in [2.45, 2.75) is 37.8 Å². The molecule has 0 bridgehead atoms. The lowest BCUT2D eigenvalue weighted by Gasteiger charge is -2.26. The van der Waals surface area contributed by atoms with Gasteiger partial charge in [0.1, 0.15) is 18.5 Å². The van der Waals surface area contributed by atoms with E-state index in [0.29, 0.717) is 18.7 Å². The molecule has 0 unspecified atom stereocenters. The van der Waals surface area contributed by atoms with E-state index < -0.39 is 15.9 Å². The standard InChI is InChI=1S/C22H29NO4S/c1-22(2,17-6-4-3-5-7-17)18-8-10-21(11-9-18)27-15-20(24)14-23-19-12-13-28(25,26)16-19/h3-11,19-20,23-24H,12-16H2,1-2H3/t19-,20-/m0/s1. The predicted molar refractivity (Wildman–Crippen MR) is 112 cm³/mol. The number of aliphatic hydroxyl groups excluding tert-OH is 1. The topological polar surface area (TPSA) is 75.6 Å². The van der Waals surface area contributed by atoms with E-state index >= 15 is 0 Å². The Morgan fingerprint density at radius 3 is 2.36 bits per heavy atom. The van der Waals surface area contributed by atoms with Crippen molar-refractivity contribution >= 4 is 9.84 Å². The zero-order chi connectivity index (χ0) is 20.2. The van der Waals surface area contributed by atoms with Gasteiger partial charge in [-0.15, -0.1) is 0 Å². The molecule has 0 aromatic heterocycles. The van der Waals surface area contributed by atoms with Gasteiger partial charge in [-0.1, -0.05) is 56.3 Å². The Bertz CT molecular complexity index is 863. The molecule has 2 aromatic rings. The third-order valence-electron chi connectivity index (χ3n) is 5.39. The van der Waals surface area contributed by atoms with Crippen LogP contribution in [0.15, 0.2) is 54.6 Å². The van der Waals surface area contributed by atoms with Crippen LogP contribution in [-0.4, -0.2) is 50.3 Å². The van der Waals surface area contributed by atoms with Gasteiger partial charge in [0, 0.05) is 18.0 Å². The first-order valence-corrected chi connectivity index (χ1v) is 11.5. The first kappa shape index (κ1) is 20.8. The molecule has 1 heterocycles. The summed E-state index contributed by atoms with van der Waals surface area (Å²) in [6, 6.07) is 18.2. The molecular weight excluding hydrogens is 374 g/mol. The molecule has 0 spiro atoms. The summed E-state index contributed by atoms with van der Waals surface area (Å²) in [5, 5.41) is 13.2. The molecule has 28 heavy (non-hydrogen) atoms. The Morgan fingerprint density at radius 1 is 1.11 bits per heavy atom. The minimum absolute atomic E-state index is 0.0702. The predicted octanol–water partition coefficient (Wildman–Crippen LogP) is 2.53. The molecule has 0 saturated carbocycles. The SMILES string of the molecule is CC(C)(c1ccccc1)c1ccc(OC[C@@H](O)CN[C@H]2CCS(=O)(=O)C2)cc1. The number of sulfone groups is 1. The van der Waals surface area contributed by atoms with Crippen molar-refractivity contribution in [2.24, 2.45) is 0 Å². The quantitative estimate of drug-likeness (QED) is 0.708. The van der Waals surface area contributed by atoms with Crippen LogP contribution in [0.4, 0.5) is 0 Å². The van der Waals surface area contributed by atoms with E-state index in [2.05, 4.69) is 43.4 Å². The second-order valence-corrected chi connectivity index (χ2v) is 10.2. The van der Waals surface area contributed by atoms with Gasteiger partial charge in [-0.05, 0) is 29.7 Å². The number of rotatable bonds is 8. The van der Waals surface area contributed by atoms with Gasteiger partial charge < -0.3 is 15.2 Å². The van der Waals surface area contributed by atoms with Gasteiger partial charge >= 0.3 is 0 Å². The smallest absolute Gasteiger partial charge is 0.151 e. The number of benzene rings is 2. The second kappa shape index (κ2) is 8.64. The Morgan fingerprint density at radius 2 is 1.75 bits per heavy atom. The summed E-state index contributed by atoms with van der Waals surface area (Å²) in [5.74, 6) is 1.08. The highest BCUT2D eigenvalue weighted by atomic mass is 32.2. The van der Waals surface area contributed by atoms with Crippen molar-refractivity contribution in [1.29, 1.82) is 0 Å². The number of ether oxygens (including phenoxy) is 1. The van der Waals surface area contributed by atoms with E-state index in [9.17, 15) is 13.5 Å². The summed E-state index contributed by atoms with van der Waals surface area (Å²) >= 11 is 0. The molecular formula is C22H29NO4S. The molecule has 5 nitrogen and oxygen atoms in total. The van der Waals surface area contributed by atoms with Crippen molar-refractivity contribution in [3.63, 3.8) is 0 Å². The van der Waals surface area contributed by atoms with Crippen LogP contribution in [-0.2, 0) is 15.3 Å². The Kier molecular flexibility index (Phi) is 6.43. The highest BCUT2D eigenvalue weighted by Crippen LogP contribution is 2.32. The first-order valence-electron chi connectivity index (χ1n) is 9.67. The summed E-state index contributed by atoms with van der Waals surface area (Å²) in [6.45, 7) is 4.86. The molecule has 3 rings (SSSR count). The average Bonchev–Trinajstić information content (AvgIpc) is 3.04. The maximum atomic E-state index is 11.5. The van der Waals surface area contributed by atoms with E-state index in [1.54, 1.807) is 0 Å². The third kappa shape index (κ3) is 5.34. The molecule has 1 fully saturated rings. The van der Waals surface area contributed by atoms with Crippen molar-refractivity contribution < 1.29 is 18.3 Å². The van der Waals surface area contributed by atoms with Gasteiger partial charge in [0.05, 0.1) is 11.5 Å². The van der Waals surface area contributed by atoms with E-state index in [1.165, 1.54) is 11.1 Å². The van der Waals surface area contributed by atoms with E-state index in [-0.39, 0.29) is 29.6 Å². The zero-order valence-corrected chi connectivity index (χ0v) is 17.3. The number of nitrogens with one attached hydrogen (secondary N) is 1. The average molecular weight is 404 g/mol. The molecule has 1 saturated heterocycles. The fraction of sp³-hybridized carbons (Fsp3) is 0.455. The monoisotopic (exact) mass is 403 g/mol. The van der Waals surface area contributed by atoms with Crippen LogP contribution in [0.1, 0.15) is 31.4 Å². The molecule has 1 aliphatic rings. The number of hydrogen-bond donors (Lipinski definition) is 2.